The molecule has 0 saturated heterocycles. The minimum Gasteiger partial charge on any atom is 0 e. The van der Waals surface area contributed by atoms with Crippen molar-refractivity contribution in [3.05, 3.63) is 0 Å². The van der Waals surface area contributed by atoms with Crippen molar-refractivity contribution < 1.29 is 37.0 Å². The SMILES string of the molecule is O=S(=O)(O)O.P.[KH].[Zn]. The Morgan fingerprint density at radius 3 is 1.12 bits per heavy atom. The van der Waals surface area contributed by atoms with E-state index in [0.717, 1.165) is 0 Å². The summed E-state index contributed by atoms with van der Waals surface area (Å²) in [6.45, 7) is 0. The van der Waals surface area contributed by atoms with Crippen molar-refractivity contribution in [2.75, 3.05) is 0 Å². The molecule has 8 heavy (non-hydrogen) atoms. The topological polar surface area (TPSA) is 74.6 Å². The van der Waals surface area contributed by atoms with Gasteiger partial charge in [0.1, 0.15) is 0 Å². The van der Waals surface area contributed by atoms with E-state index >= 15 is 0 Å². The molecular formula is H6KO4PSZn. The summed E-state index contributed by atoms with van der Waals surface area (Å²) in [6, 6.07) is 0. The van der Waals surface area contributed by atoms with Crippen LogP contribution in [-0.2, 0) is 29.9 Å². The van der Waals surface area contributed by atoms with Gasteiger partial charge in [0.2, 0.25) is 0 Å². The van der Waals surface area contributed by atoms with Gasteiger partial charge < -0.3 is 0 Å². The summed E-state index contributed by atoms with van der Waals surface area (Å²) in [5.41, 5.74) is 0. The zero-order valence-corrected chi connectivity index (χ0v) is 8.73. The molecule has 1 atom stereocenters. The number of hydrogen-bond acceptors (Lipinski definition) is 2. The third kappa shape index (κ3) is 74.7. The molecule has 1 unspecified atom stereocenters. The standard InChI is InChI=1S/K.H2O4S.H3P.Zn.H/c;1-5(2,3)4;;;/h;(H2,1,2,3,4);1H3;;. The first-order valence-corrected chi connectivity index (χ1v) is 2.10. The molecule has 0 aliphatic carbocycles. The van der Waals surface area contributed by atoms with Crippen LogP contribution in [0.2, 0.25) is 0 Å². The van der Waals surface area contributed by atoms with Crippen LogP contribution in [-0.4, -0.2) is 68.9 Å². The first-order valence-electron chi connectivity index (χ1n) is 0.698. The molecule has 0 aliphatic rings. The van der Waals surface area contributed by atoms with E-state index in [4.69, 9.17) is 17.5 Å². The van der Waals surface area contributed by atoms with Gasteiger partial charge >= 0.3 is 61.8 Å². The monoisotopic (exact) mass is 236 g/mol. The van der Waals surface area contributed by atoms with E-state index in [9.17, 15) is 0 Å². The van der Waals surface area contributed by atoms with Crippen LogP contribution in [0.4, 0.5) is 0 Å². The Hall–Kier alpha value is 2.56. The second-order valence-electron chi connectivity index (χ2n) is 0.448. The van der Waals surface area contributed by atoms with E-state index in [-0.39, 0.29) is 80.8 Å². The van der Waals surface area contributed by atoms with Crippen molar-refractivity contribution >= 4 is 71.7 Å². The van der Waals surface area contributed by atoms with Crippen LogP contribution in [0.15, 0.2) is 0 Å². The zero-order valence-electron chi connectivity index (χ0n) is 3.53. The van der Waals surface area contributed by atoms with Crippen molar-refractivity contribution in [1.82, 2.24) is 0 Å². The van der Waals surface area contributed by atoms with Crippen LogP contribution in [0, 0.1) is 0 Å². The molecule has 0 heterocycles. The van der Waals surface area contributed by atoms with E-state index in [1.165, 1.54) is 0 Å². The number of hydrogen-bond donors (Lipinski definition) is 2. The normalized spacial score (nSPS) is 7.25. The first-order chi connectivity index (χ1) is 2.00. The molecule has 0 amide bonds. The summed E-state index contributed by atoms with van der Waals surface area (Å²) in [4.78, 5) is 0. The Morgan fingerprint density at radius 1 is 1.12 bits per heavy atom. The predicted molar refractivity (Wildman–Crippen MR) is 32.4 cm³/mol. The summed E-state index contributed by atoms with van der Waals surface area (Å²) < 4.78 is 31.6. The van der Waals surface area contributed by atoms with Crippen molar-refractivity contribution in [3.63, 3.8) is 0 Å². The van der Waals surface area contributed by atoms with Gasteiger partial charge in [0.15, 0.2) is 0 Å². The van der Waals surface area contributed by atoms with Crippen molar-refractivity contribution in [2.45, 2.75) is 0 Å². The summed E-state index contributed by atoms with van der Waals surface area (Å²) >= 11 is 0. The summed E-state index contributed by atoms with van der Waals surface area (Å²) in [6.07, 6.45) is 0. The Labute approximate surface area is 107 Å². The van der Waals surface area contributed by atoms with Crippen LogP contribution >= 0.6 is 9.90 Å². The molecule has 0 aromatic heterocycles. The van der Waals surface area contributed by atoms with Gasteiger partial charge in [-0.2, -0.15) is 18.3 Å². The Kier molecular flexibility index (Phi) is 26.8. The van der Waals surface area contributed by atoms with Gasteiger partial charge in [-0.3, -0.25) is 9.11 Å². The zero-order chi connectivity index (χ0) is 4.50. The van der Waals surface area contributed by atoms with Crippen LogP contribution in [0.25, 0.3) is 0 Å². The second kappa shape index (κ2) is 9.56. The molecule has 8 heteroatoms. The molecule has 0 saturated carbocycles. The van der Waals surface area contributed by atoms with Crippen LogP contribution in [0.1, 0.15) is 0 Å². The van der Waals surface area contributed by atoms with Crippen LogP contribution < -0.4 is 0 Å². The van der Waals surface area contributed by atoms with Gasteiger partial charge in [-0.15, -0.1) is 0 Å². The Bertz CT molecular complexity index is 99.2. The molecule has 2 N–H and O–H groups in total. The fourth-order valence-corrected chi connectivity index (χ4v) is 0. The van der Waals surface area contributed by atoms with E-state index in [1.807, 2.05) is 0 Å². The third-order valence-corrected chi connectivity index (χ3v) is 0. The summed E-state index contributed by atoms with van der Waals surface area (Å²) in [7, 11) is -4.67. The van der Waals surface area contributed by atoms with Gasteiger partial charge in [0.05, 0.1) is 0 Å². The van der Waals surface area contributed by atoms with E-state index < -0.39 is 10.4 Å². The molecule has 44 valence electrons. The van der Waals surface area contributed by atoms with Crippen LogP contribution in [0.5, 0.6) is 0 Å². The van der Waals surface area contributed by atoms with Gasteiger partial charge in [-0.25, -0.2) is 0 Å². The largest absolute Gasteiger partial charge is 0 e. The van der Waals surface area contributed by atoms with Crippen molar-refractivity contribution in [1.29, 1.82) is 0 Å². The average molecular weight is 238 g/mol. The smallest absolute Gasteiger partial charge is 0 e. The molecule has 4 nitrogen and oxygen atoms in total. The molecule has 0 spiro atoms. The predicted octanol–water partition coefficient (Wildman–Crippen LogP) is -1.25. The quantitative estimate of drug-likeness (QED) is 0.314. The maximum Gasteiger partial charge on any atom is 0 e. The van der Waals surface area contributed by atoms with Crippen molar-refractivity contribution in [2.24, 2.45) is 0 Å². The molecule has 0 bridgehead atoms. The fourth-order valence-electron chi connectivity index (χ4n) is 0. The van der Waals surface area contributed by atoms with E-state index in [2.05, 4.69) is 0 Å². The minimum atomic E-state index is -4.67. The average Bonchev–Trinajstić information content (AvgIpc) is 0.722. The molecule has 0 radical (unpaired) electrons. The van der Waals surface area contributed by atoms with Crippen molar-refractivity contribution in [3.8, 4) is 0 Å². The fraction of sp³-hybridized carbons (Fsp3) is 0. The maximum atomic E-state index is 8.74. The van der Waals surface area contributed by atoms with Gasteiger partial charge in [-0.1, -0.05) is 0 Å². The Balaban J connectivity index is -0.0000000267. The molecule has 0 fully saturated rings. The number of rotatable bonds is 0. The molecule has 0 rings (SSSR count). The molecule has 0 aromatic rings. The Morgan fingerprint density at radius 2 is 1.12 bits per heavy atom. The molecular weight excluding hydrogens is 232 g/mol. The first kappa shape index (κ1) is 22.4. The minimum absolute atomic E-state index is 0. The maximum absolute atomic E-state index is 8.74. The van der Waals surface area contributed by atoms with Gasteiger partial charge in [-0.05, 0) is 0 Å². The summed E-state index contributed by atoms with van der Waals surface area (Å²) in [5.74, 6) is 0. The van der Waals surface area contributed by atoms with Gasteiger partial charge in [0, 0.05) is 19.5 Å². The van der Waals surface area contributed by atoms with Crippen LogP contribution in [0.3, 0.4) is 0 Å². The third-order valence-electron chi connectivity index (χ3n) is 0. The van der Waals surface area contributed by atoms with Gasteiger partial charge in [0.25, 0.3) is 0 Å². The second-order valence-corrected chi connectivity index (χ2v) is 1.34. The van der Waals surface area contributed by atoms with E-state index in [1.54, 1.807) is 0 Å². The van der Waals surface area contributed by atoms with E-state index in [0.29, 0.717) is 0 Å². The summed E-state index contributed by atoms with van der Waals surface area (Å²) in [5, 5.41) is 0. The molecule has 0 aliphatic heterocycles. The molecule has 0 aromatic carbocycles.